The fraction of sp³-hybridized carbons (Fsp3) is 0.316. The molecule has 0 aromatic heterocycles. The van der Waals surface area contributed by atoms with Crippen LogP contribution >= 0.6 is 0 Å². The first-order valence-electron chi connectivity index (χ1n) is 7.76. The first kappa shape index (κ1) is 17.0. The molecule has 0 spiro atoms. The van der Waals surface area contributed by atoms with Gasteiger partial charge in [-0.05, 0) is 48.6 Å². The minimum atomic E-state index is -0.405. The summed E-state index contributed by atoms with van der Waals surface area (Å²) < 4.78 is 18.5. The zero-order chi connectivity index (χ0) is 16.8. The highest BCUT2D eigenvalue weighted by Crippen LogP contribution is 2.22. The third-order valence-corrected chi connectivity index (χ3v) is 3.86. The van der Waals surface area contributed by atoms with Crippen molar-refractivity contribution in [2.24, 2.45) is 0 Å². The van der Waals surface area contributed by atoms with Gasteiger partial charge in [0.2, 0.25) is 5.91 Å². The van der Waals surface area contributed by atoms with E-state index >= 15 is 0 Å². The normalized spacial score (nSPS) is 10.4. The van der Waals surface area contributed by atoms with Gasteiger partial charge >= 0.3 is 0 Å². The number of carbonyl (C=O) groups excluding carboxylic acids is 1. The molecule has 23 heavy (non-hydrogen) atoms. The second-order valence-electron chi connectivity index (χ2n) is 5.48. The van der Waals surface area contributed by atoms with E-state index in [4.69, 9.17) is 4.74 Å². The summed E-state index contributed by atoms with van der Waals surface area (Å²) in [5.74, 6) is -0.256. The largest absolute Gasteiger partial charge is 0.494 e. The van der Waals surface area contributed by atoms with E-state index in [2.05, 4.69) is 12.2 Å². The molecule has 0 radical (unpaired) electrons. The Morgan fingerprint density at radius 2 is 2.04 bits per heavy atom. The van der Waals surface area contributed by atoms with E-state index < -0.39 is 5.82 Å². The molecule has 2 aromatic rings. The number of amides is 1. The summed E-state index contributed by atoms with van der Waals surface area (Å²) in [7, 11) is 1.43. The van der Waals surface area contributed by atoms with Crippen LogP contribution in [0.4, 0.5) is 10.1 Å². The maximum atomic E-state index is 13.6. The number of para-hydroxylation sites is 1. The SMILES string of the molecule is CCc1cccc(C)c1NC(=O)CCc1ccc(OC)c(F)c1. The summed E-state index contributed by atoms with van der Waals surface area (Å²) in [6.45, 7) is 4.04. The van der Waals surface area contributed by atoms with E-state index in [1.165, 1.54) is 13.2 Å². The van der Waals surface area contributed by atoms with E-state index in [1.54, 1.807) is 12.1 Å². The summed E-state index contributed by atoms with van der Waals surface area (Å²) in [4.78, 5) is 12.2. The summed E-state index contributed by atoms with van der Waals surface area (Å²) in [5.41, 5.74) is 3.84. The molecule has 3 nitrogen and oxygen atoms in total. The fourth-order valence-corrected chi connectivity index (χ4v) is 2.53. The number of aryl methyl sites for hydroxylation is 3. The molecule has 1 amide bonds. The van der Waals surface area contributed by atoms with Crippen LogP contribution in [0.3, 0.4) is 0 Å². The Morgan fingerprint density at radius 3 is 2.70 bits per heavy atom. The Bertz CT molecular complexity index is 698. The summed E-state index contributed by atoms with van der Waals surface area (Å²) in [5, 5.41) is 2.98. The molecule has 2 rings (SSSR count). The summed E-state index contributed by atoms with van der Waals surface area (Å²) >= 11 is 0. The van der Waals surface area contributed by atoms with Gasteiger partial charge in [-0.15, -0.1) is 0 Å². The van der Waals surface area contributed by atoms with Crippen LogP contribution < -0.4 is 10.1 Å². The maximum absolute atomic E-state index is 13.6. The summed E-state index contributed by atoms with van der Waals surface area (Å²) in [6, 6.07) is 10.8. The van der Waals surface area contributed by atoms with Gasteiger partial charge in [-0.3, -0.25) is 4.79 Å². The zero-order valence-electron chi connectivity index (χ0n) is 13.8. The molecule has 2 aromatic carbocycles. The average molecular weight is 315 g/mol. The lowest BCUT2D eigenvalue weighted by Crippen LogP contribution is -2.14. The molecule has 122 valence electrons. The Morgan fingerprint density at radius 1 is 1.26 bits per heavy atom. The number of hydrogen-bond acceptors (Lipinski definition) is 2. The highest BCUT2D eigenvalue weighted by molar-refractivity contribution is 5.92. The van der Waals surface area contributed by atoms with Crippen molar-refractivity contribution in [3.05, 3.63) is 58.9 Å². The van der Waals surface area contributed by atoms with Crippen molar-refractivity contribution in [1.82, 2.24) is 0 Å². The quantitative estimate of drug-likeness (QED) is 0.864. The molecule has 0 aliphatic heterocycles. The number of carbonyl (C=O) groups is 1. The number of halogens is 1. The first-order valence-corrected chi connectivity index (χ1v) is 7.76. The third kappa shape index (κ3) is 4.31. The van der Waals surface area contributed by atoms with Crippen LogP contribution in [0.5, 0.6) is 5.75 Å². The van der Waals surface area contributed by atoms with Crippen molar-refractivity contribution in [3.8, 4) is 5.75 Å². The van der Waals surface area contributed by atoms with Crippen LogP contribution in [-0.2, 0) is 17.6 Å². The Labute approximate surface area is 136 Å². The number of methoxy groups -OCH3 is 1. The minimum Gasteiger partial charge on any atom is -0.494 e. The van der Waals surface area contributed by atoms with Gasteiger partial charge in [0.15, 0.2) is 11.6 Å². The van der Waals surface area contributed by atoms with Crippen molar-refractivity contribution >= 4 is 11.6 Å². The van der Waals surface area contributed by atoms with Crippen LogP contribution in [0, 0.1) is 12.7 Å². The topological polar surface area (TPSA) is 38.3 Å². The van der Waals surface area contributed by atoms with Crippen LogP contribution in [0.1, 0.15) is 30.0 Å². The summed E-state index contributed by atoms with van der Waals surface area (Å²) in [6.07, 6.45) is 1.66. The molecule has 0 saturated heterocycles. The van der Waals surface area contributed by atoms with Crippen molar-refractivity contribution in [2.45, 2.75) is 33.1 Å². The predicted octanol–water partition coefficient (Wildman–Crippen LogP) is 4.28. The fourth-order valence-electron chi connectivity index (χ4n) is 2.53. The lowest BCUT2D eigenvalue weighted by atomic mass is 10.0. The molecular weight excluding hydrogens is 293 g/mol. The van der Waals surface area contributed by atoms with Gasteiger partial charge in [-0.2, -0.15) is 0 Å². The molecule has 0 unspecified atom stereocenters. The van der Waals surface area contributed by atoms with Crippen molar-refractivity contribution in [3.63, 3.8) is 0 Å². The van der Waals surface area contributed by atoms with Gasteiger partial charge in [0.1, 0.15) is 0 Å². The monoisotopic (exact) mass is 315 g/mol. The molecule has 0 aliphatic rings. The number of nitrogens with one attached hydrogen (secondary N) is 1. The zero-order valence-corrected chi connectivity index (χ0v) is 13.8. The molecule has 0 fully saturated rings. The highest BCUT2D eigenvalue weighted by atomic mass is 19.1. The van der Waals surface area contributed by atoms with E-state index in [0.717, 1.165) is 28.8 Å². The lowest BCUT2D eigenvalue weighted by molar-refractivity contribution is -0.116. The van der Waals surface area contributed by atoms with Crippen LogP contribution in [-0.4, -0.2) is 13.0 Å². The number of rotatable bonds is 6. The second kappa shape index (κ2) is 7.77. The van der Waals surface area contributed by atoms with Gasteiger partial charge in [-0.25, -0.2) is 4.39 Å². The number of anilines is 1. The highest BCUT2D eigenvalue weighted by Gasteiger charge is 2.10. The lowest BCUT2D eigenvalue weighted by Gasteiger charge is -2.13. The Kier molecular flexibility index (Phi) is 5.74. The molecule has 0 atom stereocenters. The van der Waals surface area contributed by atoms with Gasteiger partial charge in [0.05, 0.1) is 7.11 Å². The number of benzene rings is 2. The molecule has 0 heterocycles. The predicted molar refractivity (Wildman–Crippen MR) is 90.5 cm³/mol. The van der Waals surface area contributed by atoms with E-state index in [1.807, 2.05) is 25.1 Å². The Balaban J connectivity index is 1.99. The molecule has 0 saturated carbocycles. The maximum Gasteiger partial charge on any atom is 0.224 e. The first-order chi connectivity index (χ1) is 11.0. The molecule has 0 aliphatic carbocycles. The molecular formula is C19H22FNO2. The van der Waals surface area contributed by atoms with Crippen molar-refractivity contribution in [1.29, 1.82) is 0 Å². The molecule has 4 heteroatoms. The smallest absolute Gasteiger partial charge is 0.224 e. The molecule has 1 N–H and O–H groups in total. The van der Waals surface area contributed by atoms with Gasteiger partial charge in [0.25, 0.3) is 0 Å². The van der Waals surface area contributed by atoms with Crippen molar-refractivity contribution < 1.29 is 13.9 Å². The third-order valence-electron chi connectivity index (χ3n) is 3.86. The average Bonchev–Trinajstić information content (AvgIpc) is 2.55. The van der Waals surface area contributed by atoms with E-state index in [-0.39, 0.29) is 11.7 Å². The van der Waals surface area contributed by atoms with Gasteiger partial charge < -0.3 is 10.1 Å². The Hall–Kier alpha value is -2.36. The number of hydrogen-bond donors (Lipinski definition) is 1. The van der Waals surface area contributed by atoms with E-state index in [0.29, 0.717) is 12.8 Å². The minimum absolute atomic E-state index is 0.0646. The van der Waals surface area contributed by atoms with E-state index in [9.17, 15) is 9.18 Å². The van der Waals surface area contributed by atoms with Crippen molar-refractivity contribution in [2.75, 3.05) is 12.4 Å². The standard InChI is InChI=1S/C19H22FNO2/c1-4-15-7-5-6-13(2)19(15)21-18(22)11-9-14-8-10-17(23-3)16(20)12-14/h5-8,10,12H,4,9,11H2,1-3H3,(H,21,22). The van der Waals surface area contributed by atoms with Gasteiger partial charge in [-0.1, -0.05) is 31.2 Å². The number of ether oxygens (including phenoxy) is 1. The van der Waals surface area contributed by atoms with Crippen LogP contribution in [0.2, 0.25) is 0 Å². The molecule has 0 bridgehead atoms. The second-order valence-corrected chi connectivity index (χ2v) is 5.48. The van der Waals surface area contributed by atoms with Crippen LogP contribution in [0.15, 0.2) is 36.4 Å². The van der Waals surface area contributed by atoms with Gasteiger partial charge in [0, 0.05) is 12.1 Å². The van der Waals surface area contributed by atoms with Crippen LogP contribution in [0.25, 0.3) is 0 Å².